The molecule has 2 heterocycles. The molecule has 2 saturated heterocycles. The largest absolute Gasteiger partial charge is 0.370 e. The Bertz CT molecular complexity index is 465. The van der Waals surface area contributed by atoms with Gasteiger partial charge in [0, 0.05) is 41.2 Å². The molecule has 0 saturated carbocycles. The van der Waals surface area contributed by atoms with Gasteiger partial charge in [-0.2, -0.15) is 0 Å². The maximum Gasteiger partial charge on any atom is 0.0426 e. The Morgan fingerprint density at radius 3 is 2.84 bits per heavy atom. The summed E-state index contributed by atoms with van der Waals surface area (Å²) in [4.78, 5) is 5.11. The van der Waals surface area contributed by atoms with Gasteiger partial charge in [0.15, 0.2) is 0 Å². The number of hydrogen-bond acceptors (Lipinski definition) is 2. The van der Waals surface area contributed by atoms with E-state index in [-0.39, 0.29) is 0 Å². The van der Waals surface area contributed by atoms with E-state index in [1.54, 1.807) is 0 Å². The van der Waals surface area contributed by atoms with Crippen molar-refractivity contribution in [3.8, 4) is 0 Å². The molecule has 0 amide bonds. The molecule has 19 heavy (non-hydrogen) atoms. The fourth-order valence-corrected chi connectivity index (χ4v) is 4.11. The fourth-order valence-electron chi connectivity index (χ4n) is 3.47. The van der Waals surface area contributed by atoms with E-state index in [4.69, 9.17) is 11.6 Å². The average molecular weight is 344 g/mol. The highest BCUT2D eigenvalue weighted by molar-refractivity contribution is 9.08. The number of anilines is 1. The molecule has 4 heteroatoms. The molecule has 0 radical (unpaired) electrons. The van der Waals surface area contributed by atoms with Crippen molar-refractivity contribution < 1.29 is 0 Å². The van der Waals surface area contributed by atoms with Crippen LogP contribution in [-0.4, -0.2) is 37.1 Å². The summed E-state index contributed by atoms with van der Waals surface area (Å²) in [5.41, 5.74) is 2.65. The predicted molar refractivity (Wildman–Crippen MR) is 85.5 cm³/mol. The van der Waals surface area contributed by atoms with Crippen LogP contribution in [0.2, 0.25) is 5.02 Å². The van der Waals surface area contributed by atoms with E-state index in [0.717, 1.165) is 29.5 Å². The first-order chi connectivity index (χ1) is 9.19. The van der Waals surface area contributed by atoms with Crippen molar-refractivity contribution in [2.45, 2.75) is 36.7 Å². The molecule has 2 fully saturated rings. The quantitative estimate of drug-likeness (QED) is 0.751. The number of benzene rings is 1. The molecular weight excluding hydrogens is 324 g/mol. The zero-order chi connectivity index (χ0) is 13.4. The van der Waals surface area contributed by atoms with E-state index in [1.165, 1.54) is 30.5 Å². The Morgan fingerprint density at radius 2 is 2.05 bits per heavy atom. The van der Waals surface area contributed by atoms with Crippen LogP contribution in [0.3, 0.4) is 0 Å². The Hall–Kier alpha value is -0.250. The number of likely N-dealkylation sites (N-methyl/N-ethyl adjacent to an activating group) is 1. The van der Waals surface area contributed by atoms with Crippen LogP contribution in [0, 0.1) is 0 Å². The highest BCUT2D eigenvalue weighted by Gasteiger charge is 2.34. The zero-order valence-corrected chi connectivity index (χ0v) is 13.6. The normalized spacial score (nSPS) is 27.6. The van der Waals surface area contributed by atoms with E-state index in [0.29, 0.717) is 6.04 Å². The van der Waals surface area contributed by atoms with E-state index in [2.05, 4.69) is 44.9 Å². The van der Waals surface area contributed by atoms with E-state index in [1.807, 2.05) is 6.07 Å². The van der Waals surface area contributed by atoms with Gasteiger partial charge >= 0.3 is 0 Å². The summed E-state index contributed by atoms with van der Waals surface area (Å²) in [5.74, 6) is 0. The minimum absolute atomic E-state index is 0.703. The van der Waals surface area contributed by atoms with Crippen molar-refractivity contribution in [3.05, 3.63) is 28.8 Å². The first-order valence-corrected chi connectivity index (χ1v) is 8.50. The number of nitrogens with zero attached hydrogens (tertiary/aromatic N) is 2. The summed E-state index contributed by atoms with van der Waals surface area (Å²) >= 11 is 9.78. The maximum absolute atomic E-state index is 6.19. The molecule has 3 rings (SSSR count). The van der Waals surface area contributed by atoms with Gasteiger partial charge in [0.05, 0.1) is 0 Å². The van der Waals surface area contributed by atoms with Crippen LogP contribution in [0.5, 0.6) is 0 Å². The van der Waals surface area contributed by atoms with Gasteiger partial charge in [-0.05, 0) is 44.0 Å². The number of rotatable bonds is 2. The zero-order valence-electron chi connectivity index (χ0n) is 11.3. The molecule has 1 aromatic carbocycles. The Labute approximate surface area is 128 Å². The van der Waals surface area contributed by atoms with Crippen LogP contribution >= 0.6 is 27.5 Å². The second-order valence-corrected chi connectivity index (χ2v) is 6.69. The molecule has 0 aliphatic carbocycles. The first-order valence-electron chi connectivity index (χ1n) is 7.00. The van der Waals surface area contributed by atoms with Gasteiger partial charge in [-0.1, -0.05) is 33.6 Å². The second-order valence-electron chi connectivity index (χ2n) is 5.69. The molecule has 2 aliphatic heterocycles. The Morgan fingerprint density at radius 1 is 1.26 bits per heavy atom. The van der Waals surface area contributed by atoms with Gasteiger partial charge in [0.25, 0.3) is 0 Å². The second kappa shape index (κ2) is 5.63. The number of hydrogen-bond donors (Lipinski definition) is 0. The molecule has 2 unspecified atom stereocenters. The lowest BCUT2D eigenvalue weighted by atomic mass is 10.1. The highest BCUT2D eigenvalue weighted by atomic mass is 79.9. The van der Waals surface area contributed by atoms with Crippen LogP contribution < -0.4 is 4.90 Å². The monoisotopic (exact) mass is 342 g/mol. The Balaban J connectivity index is 1.88. The summed E-state index contributed by atoms with van der Waals surface area (Å²) in [6.45, 7) is 2.28. The highest BCUT2D eigenvalue weighted by Crippen LogP contribution is 2.33. The van der Waals surface area contributed by atoms with E-state index in [9.17, 15) is 0 Å². The van der Waals surface area contributed by atoms with Gasteiger partial charge in [-0.25, -0.2) is 0 Å². The molecule has 104 valence electrons. The SMILES string of the molecule is CN1C2CCC1CN(c1cc(Cl)ccc1CBr)CC2. The van der Waals surface area contributed by atoms with Gasteiger partial charge in [-0.3, -0.25) is 4.90 Å². The third-order valence-corrected chi connectivity index (χ3v) is 5.52. The van der Waals surface area contributed by atoms with Gasteiger partial charge < -0.3 is 4.90 Å². The van der Waals surface area contributed by atoms with Gasteiger partial charge in [0.1, 0.15) is 0 Å². The minimum atomic E-state index is 0.703. The van der Waals surface area contributed by atoms with Crippen LogP contribution in [0.15, 0.2) is 18.2 Å². The molecule has 1 aromatic rings. The molecule has 2 nitrogen and oxygen atoms in total. The van der Waals surface area contributed by atoms with Crippen molar-refractivity contribution >= 4 is 33.2 Å². The maximum atomic E-state index is 6.19. The third-order valence-electron chi connectivity index (χ3n) is 4.68. The average Bonchev–Trinajstić information content (AvgIpc) is 2.63. The van der Waals surface area contributed by atoms with Crippen molar-refractivity contribution in [2.24, 2.45) is 0 Å². The lowest BCUT2D eigenvalue weighted by molar-refractivity contribution is 0.254. The molecule has 2 aliphatic rings. The smallest absolute Gasteiger partial charge is 0.0426 e. The molecule has 0 N–H and O–H groups in total. The van der Waals surface area contributed by atoms with Crippen LogP contribution in [0.4, 0.5) is 5.69 Å². The van der Waals surface area contributed by atoms with Crippen molar-refractivity contribution in [1.29, 1.82) is 0 Å². The van der Waals surface area contributed by atoms with Crippen LogP contribution in [0.1, 0.15) is 24.8 Å². The summed E-state index contributed by atoms with van der Waals surface area (Å²) in [6.07, 6.45) is 3.97. The van der Waals surface area contributed by atoms with Gasteiger partial charge in [0.2, 0.25) is 0 Å². The summed E-state index contributed by atoms with van der Waals surface area (Å²) < 4.78 is 0. The van der Waals surface area contributed by atoms with Crippen molar-refractivity contribution in [1.82, 2.24) is 4.90 Å². The standard InChI is InChI=1S/C15H20BrClN2/c1-18-13-4-5-14(18)10-19(7-6-13)15-8-12(17)3-2-11(15)9-16/h2-3,8,13-14H,4-7,9-10H2,1H3. The van der Waals surface area contributed by atoms with Crippen molar-refractivity contribution in [2.75, 3.05) is 25.0 Å². The molecule has 2 atom stereocenters. The lowest BCUT2D eigenvalue weighted by Crippen LogP contribution is -2.36. The molecule has 0 spiro atoms. The molecule has 0 aromatic heterocycles. The third kappa shape index (κ3) is 2.65. The summed E-state index contributed by atoms with van der Waals surface area (Å²) in [7, 11) is 2.29. The van der Waals surface area contributed by atoms with Gasteiger partial charge in [-0.15, -0.1) is 0 Å². The number of fused-ring (bicyclic) bond motifs is 2. The number of halogens is 2. The lowest BCUT2D eigenvalue weighted by Gasteiger charge is -2.29. The molecular formula is C15H20BrClN2. The number of alkyl halides is 1. The van der Waals surface area contributed by atoms with Crippen LogP contribution in [-0.2, 0) is 5.33 Å². The summed E-state index contributed by atoms with van der Waals surface area (Å²) in [5, 5.41) is 1.72. The van der Waals surface area contributed by atoms with Crippen molar-refractivity contribution in [3.63, 3.8) is 0 Å². The fraction of sp³-hybridized carbons (Fsp3) is 0.600. The molecule has 2 bridgehead atoms. The minimum Gasteiger partial charge on any atom is -0.370 e. The predicted octanol–water partition coefficient (Wildman–Crippen LogP) is 3.91. The topological polar surface area (TPSA) is 6.48 Å². The summed E-state index contributed by atoms with van der Waals surface area (Å²) in [6, 6.07) is 7.73. The van der Waals surface area contributed by atoms with Crippen LogP contribution in [0.25, 0.3) is 0 Å². The first kappa shape index (κ1) is 13.7. The van der Waals surface area contributed by atoms with E-state index >= 15 is 0 Å². The van der Waals surface area contributed by atoms with E-state index < -0.39 is 0 Å². The Kier molecular flexibility index (Phi) is 4.06.